The summed E-state index contributed by atoms with van der Waals surface area (Å²) < 4.78 is 1.04. The highest BCUT2D eigenvalue weighted by molar-refractivity contribution is 14.1. The van der Waals surface area contributed by atoms with Crippen LogP contribution in [-0.4, -0.2) is 21.2 Å². The number of benzene rings is 2. The monoisotopic (exact) mass is 583 g/mol. The van der Waals surface area contributed by atoms with Crippen LogP contribution in [0.3, 0.4) is 0 Å². The molecule has 2 unspecified atom stereocenters. The van der Waals surface area contributed by atoms with Gasteiger partial charge in [-0.2, -0.15) is 0 Å². The zero-order valence-corrected chi connectivity index (χ0v) is 22.3. The van der Waals surface area contributed by atoms with E-state index >= 15 is 0 Å². The molecule has 2 saturated carbocycles. The number of rotatable bonds is 6. The van der Waals surface area contributed by atoms with E-state index in [9.17, 15) is 9.59 Å². The van der Waals surface area contributed by atoms with E-state index in [4.69, 9.17) is 0 Å². The lowest BCUT2D eigenvalue weighted by atomic mass is 9.80. The van der Waals surface area contributed by atoms with Gasteiger partial charge in [0, 0.05) is 44.2 Å². The van der Waals surface area contributed by atoms with E-state index in [1.807, 2.05) is 42.5 Å². The van der Waals surface area contributed by atoms with Crippen molar-refractivity contribution in [2.75, 3.05) is 15.1 Å². The number of alkyl halides is 1. The van der Waals surface area contributed by atoms with Crippen LogP contribution in [0.2, 0.25) is 0 Å². The minimum atomic E-state index is 0.121. The summed E-state index contributed by atoms with van der Waals surface area (Å²) in [6.07, 6.45) is 10.1. The van der Waals surface area contributed by atoms with Gasteiger partial charge >= 0.3 is 0 Å². The van der Waals surface area contributed by atoms with Gasteiger partial charge in [-0.05, 0) is 73.6 Å². The Kier molecular flexibility index (Phi) is 7.75. The number of aromatic nitrogens is 1. The fourth-order valence-corrected chi connectivity index (χ4v) is 6.73. The van der Waals surface area contributed by atoms with Crippen LogP contribution >= 0.6 is 22.6 Å². The first kappa shape index (κ1) is 24.3. The summed E-state index contributed by atoms with van der Waals surface area (Å²) in [5.41, 5.74) is 4.82. The van der Waals surface area contributed by atoms with E-state index in [-0.39, 0.29) is 23.7 Å². The molecule has 35 heavy (non-hydrogen) atoms. The number of hydrogen-bond acceptors (Lipinski definition) is 2. The third-order valence-corrected chi connectivity index (χ3v) is 8.90. The normalized spacial score (nSPS) is 21.1. The standard InChI is InChI=1S/C29H34IN3O2/c30-18-21-8-4-5-9-25(21)29(35)32-24-14-15-26-22(16-24)17-27(33-26)19-10-12-23(13-11-19)31-28(34)20-6-2-1-3-7-20/h10-17,20-21,25,33H,1-9,18H2,(H,31,34)(H,32,35). The maximum Gasteiger partial charge on any atom is 0.227 e. The number of amides is 2. The Morgan fingerprint density at radius 1 is 0.800 bits per heavy atom. The summed E-state index contributed by atoms with van der Waals surface area (Å²) in [6, 6.07) is 16.2. The number of carbonyl (C=O) groups excluding carboxylic acids is 2. The summed E-state index contributed by atoms with van der Waals surface area (Å²) in [5.74, 6) is 1.07. The topological polar surface area (TPSA) is 74.0 Å². The van der Waals surface area contributed by atoms with E-state index < -0.39 is 0 Å². The Bertz CT molecular complexity index is 1180. The molecule has 6 heteroatoms. The summed E-state index contributed by atoms with van der Waals surface area (Å²) >= 11 is 2.42. The molecule has 3 N–H and O–H groups in total. The number of hydrogen-bond donors (Lipinski definition) is 3. The molecule has 3 aromatic rings. The van der Waals surface area contributed by atoms with Crippen molar-refractivity contribution in [3.63, 3.8) is 0 Å². The van der Waals surface area contributed by atoms with Crippen molar-refractivity contribution in [2.24, 2.45) is 17.8 Å². The second-order valence-electron chi connectivity index (χ2n) is 10.2. The Hall–Kier alpha value is -2.35. The zero-order chi connectivity index (χ0) is 24.2. The third-order valence-electron chi connectivity index (χ3n) is 7.77. The van der Waals surface area contributed by atoms with Crippen molar-refractivity contribution in [1.29, 1.82) is 0 Å². The highest BCUT2D eigenvalue weighted by atomic mass is 127. The maximum absolute atomic E-state index is 13.0. The molecule has 5 nitrogen and oxygen atoms in total. The van der Waals surface area contributed by atoms with Gasteiger partial charge in [-0.3, -0.25) is 9.59 Å². The lowest BCUT2D eigenvalue weighted by Crippen LogP contribution is -2.32. The quantitative estimate of drug-likeness (QED) is 0.207. The van der Waals surface area contributed by atoms with E-state index in [2.05, 4.69) is 44.3 Å². The highest BCUT2D eigenvalue weighted by Crippen LogP contribution is 2.33. The van der Waals surface area contributed by atoms with Crippen LogP contribution in [-0.2, 0) is 9.59 Å². The van der Waals surface area contributed by atoms with E-state index in [0.29, 0.717) is 5.92 Å². The number of nitrogens with one attached hydrogen (secondary N) is 3. The molecule has 0 bridgehead atoms. The first-order chi connectivity index (χ1) is 17.1. The molecule has 5 rings (SSSR count). The molecule has 2 aromatic carbocycles. The van der Waals surface area contributed by atoms with Crippen LogP contribution in [0.1, 0.15) is 57.8 Å². The van der Waals surface area contributed by atoms with Gasteiger partial charge < -0.3 is 15.6 Å². The van der Waals surface area contributed by atoms with Gasteiger partial charge in [0.25, 0.3) is 0 Å². The molecule has 1 heterocycles. The second kappa shape index (κ2) is 11.1. The van der Waals surface area contributed by atoms with Gasteiger partial charge in [-0.15, -0.1) is 0 Å². The summed E-state index contributed by atoms with van der Waals surface area (Å²) in [5, 5.41) is 7.33. The molecule has 2 fully saturated rings. The van der Waals surface area contributed by atoms with Crippen molar-refractivity contribution in [2.45, 2.75) is 57.8 Å². The van der Waals surface area contributed by atoms with Crippen molar-refractivity contribution >= 4 is 56.7 Å². The Balaban J connectivity index is 1.25. The second-order valence-corrected chi connectivity index (χ2v) is 11.1. The Morgan fingerprint density at radius 3 is 2.26 bits per heavy atom. The first-order valence-electron chi connectivity index (χ1n) is 13.0. The largest absolute Gasteiger partial charge is 0.355 e. The summed E-state index contributed by atoms with van der Waals surface area (Å²) in [6.45, 7) is 0. The van der Waals surface area contributed by atoms with Gasteiger partial charge in [-0.25, -0.2) is 0 Å². The highest BCUT2D eigenvalue weighted by Gasteiger charge is 2.30. The predicted octanol–water partition coefficient (Wildman–Crippen LogP) is 7.53. The minimum Gasteiger partial charge on any atom is -0.355 e. The molecule has 0 aliphatic heterocycles. The molecule has 1 aromatic heterocycles. The van der Waals surface area contributed by atoms with Crippen LogP contribution < -0.4 is 10.6 Å². The molecule has 0 saturated heterocycles. The van der Waals surface area contributed by atoms with Gasteiger partial charge in [0.05, 0.1) is 0 Å². The number of fused-ring (bicyclic) bond motifs is 1. The van der Waals surface area contributed by atoms with Gasteiger partial charge in [-0.1, -0.05) is 66.8 Å². The van der Waals surface area contributed by atoms with Crippen LogP contribution in [0.5, 0.6) is 0 Å². The number of halogens is 1. The number of aromatic amines is 1. The van der Waals surface area contributed by atoms with Crippen molar-refractivity contribution in [1.82, 2.24) is 4.98 Å². The predicted molar refractivity (Wildman–Crippen MR) is 152 cm³/mol. The molecule has 0 radical (unpaired) electrons. The minimum absolute atomic E-state index is 0.121. The third kappa shape index (κ3) is 5.74. The fraction of sp³-hybridized carbons (Fsp3) is 0.448. The fourth-order valence-electron chi connectivity index (χ4n) is 5.68. The Morgan fingerprint density at radius 2 is 1.49 bits per heavy atom. The van der Waals surface area contributed by atoms with Crippen molar-refractivity contribution in [3.05, 3.63) is 48.5 Å². The summed E-state index contributed by atoms with van der Waals surface area (Å²) in [4.78, 5) is 29.0. The molecule has 184 valence electrons. The average molecular weight is 584 g/mol. The van der Waals surface area contributed by atoms with Crippen molar-refractivity contribution < 1.29 is 9.59 Å². The Labute approximate surface area is 221 Å². The van der Waals surface area contributed by atoms with E-state index in [1.165, 1.54) is 12.8 Å². The van der Waals surface area contributed by atoms with Crippen LogP contribution in [0, 0.1) is 17.8 Å². The van der Waals surface area contributed by atoms with Crippen LogP contribution in [0.25, 0.3) is 22.2 Å². The smallest absolute Gasteiger partial charge is 0.227 e. The van der Waals surface area contributed by atoms with Gasteiger partial charge in [0.2, 0.25) is 11.8 Å². The summed E-state index contributed by atoms with van der Waals surface area (Å²) in [7, 11) is 0. The lowest BCUT2D eigenvalue weighted by Gasteiger charge is -2.29. The molecular weight excluding hydrogens is 549 g/mol. The lowest BCUT2D eigenvalue weighted by molar-refractivity contribution is -0.122. The molecule has 2 aliphatic rings. The van der Waals surface area contributed by atoms with Crippen LogP contribution in [0.4, 0.5) is 11.4 Å². The van der Waals surface area contributed by atoms with E-state index in [1.54, 1.807) is 0 Å². The van der Waals surface area contributed by atoms with Crippen LogP contribution in [0.15, 0.2) is 48.5 Å². The maximum atomic E-state index is 13.0. The van der Waals surface area contributed by atoms with Gasteiger partial charge in [0.1, 0.15) is 0 Å². The molecule has 2 aliphatic carbocycles. The first-order valence-corrected chi connectivity index (χ1v) is 14.5. The molecular formula is C29H34IN3O2. The zero-order valence-electron chi connectivity index (χ0n) is 20.1. The van der Waals surface area contributed by atoms with Gasteiger partial charge in [0.15, 0.2) is 0 Å². The van der Waals surface area contributed by atoms with Crippen molar-refractivity contribution in [3.8, 4) is 11.3 Å². The number of H-pyrrole nitrogens is 1. The number of anilines is 2. The average Bonchev–Trinajstić information content (AvgIpc) is 3.33. The number of carbonyl (C=O) groups is 2. The van der Waals surface area contributed by atoms with E-state index in [0.717, 1.165) is 82.9 Å². The molecule has 0 spiro atoms. The molecule has 2 amide bonds. The SMILES string of the molecule is O=C(Nc1ccc(-c2cc3cc(NC(=O)C4CCCCC4CI)ccc3[nH]2)cc1)C1CCCCC1. The molecule has 2 atom stereocenters.